The lowest BCUT2D eigenvalue weighted by Crippen LogP contribution is -2.49. The summed E-state index contributed by atoms with van der Waals surface area (Å²) in [6, 6.07) is -0.0421. The molecular formula is C13H26ClN3O2. The van der Waals surface area contributed by atoms with Crippen LogP contribution < -0.4 is 10.6 Å². The summed E-state index contributed by atoms with van der Waals surface area (Å²) in [7, 11) is 0. The number of nitrogens with zero attached hydrogens (tertiary/aromatic N) is 1. The monoisotopic (exact) mass is 291 g/mol. The van der Waals surface area contributed by atoms with E-state index >= 15 is 0 Å². The number of amides is 2. The van der Waals surface area contributed by atoms with Gasteiger partial charge in [0.1, 0.15) is 6.04 Å². The molecule has 1 fully saturated rings. The van der Waals surface area contributed by atoms with E-state index in [4.69, 9.17) is 0 Å². The molecule has 0 saturated carbocycles. The second-order valence-corrected chi connectivity index (χ2v) is 4.82. The molecule has 0 bridgehead atoms. The second kappa shape index (κ2) is 9.15. The van der Waals surface area contributed by atoms with Gasteiger partial charge in [0.2, 0.25) is 11.8 Å². The molecule has 0 spiro atoms. The summed E-state index contributed by atoms with van der Waals surface area (Å²) in [5.41, 5.74) is 0. The van der Waals surface area contributed by atoms with Gasteiger partial charge < -0.3 is 15.5 Å². The largest absolute Gasteiger partial charge is 0.353 e. The van der Waals surface area contributed by atoms with E-state index in [1.165, 1.54) is 0 Å². The highest BCUT2D eigenvalue weighted by molar-refractivity contribution is 5.88. The molecule has 0 aromatic rings. The smallest absolute Gasteiger partial charge is 0.242 e. The van der Waals surface area contributed by atoms with Crippen LogP contribution in [0.25, 0.3) is 0 Å². The van der Waals surface area contributed by atoms with Crippen LogP contribution in [0.3, 0.4) is 0 Å². The van der Waals surface area contributed by atoms with Crippen molar-refractivity contribution >= 4 is 24.2 Å². The molecule has 2 atom stereocenters. The Labute approximate surface area is 121 Å². The Morgan fingerprint density at radius 2 is 2.11 bits per heavy atom. The van der Waals surface area contributed by atoms with Crippen molar-refractivity contribution in [3.05, 3.63) is 0 Å². The third-order valence-electron chi connectivity index (χ3n) is 3.31. The van der Waals surface area contributed by atoms with Crippen molar-refractivity contribution in [3.63, 3.8) is 0 Å². The van der Waals surface area contributed by atoms with Crippen LogP contribution in [0, 0.1) is 0 Å². The first-order valence-corrected chi connectivity index (χ1v) is 6.90. The number of nitrogens with one attached hydrogen (secondary N) is 2. The quantitative estimate of drug-likeness (QED) is 0.733. The highest BCUT2D eigenvalue weighted by Gasteiger charge is 2.31. The molecule has 1 saturated heterocycles. The normalized spacial score (nSPS) is 17.8. The molecule has 0 aromatic carbocycles. The van der Waals surface area contributed by atoms with Crippen molar-refractivity contribution in [1.82, 2.24) is 15.5 Å². The first-order valence-electron chi connectivity index (χ1n) is 6.90. The van der Waals surface area contributed by atoms with Crippen LogP contribution in [0.1, 0.15) is 40.0 Å². The van der Waals surface area contributed by atoms with Gasteiger partial charge >= 0.3 is 0 Å². The molecule has 1 heterocycles. The van der Waals surface area contributed by atoms with Gasteiger partial charge in [-0.1, -0.05) is 13.8 Å². The number of carbonyl (C=O) groups excluding carboxylic acids is 2. The fourth-order valence-corrected chi connectivity index (χ4v) is 2.34. The van der Waals surface area contributed by atoms with Crippen LogP contribution in [0.4, 0.5) is 0 Å². The maximum absolute atomic E-state index is 12.1. The average Bonchev–Trinajstić information content (AvgIpc) is 2.75. The summed E-state index contributed by atoms with van der Waals surface area (Å²) in [6.45, 7) is 8.23. The van der Waals surface area contributed by atoms with Crippen LogP contribution in [0.2, 0.25) is 0 Å². The molecule has 2 amide bonds. The molecule has 19 heavy (non-hydrogen) atoms. The Bertz CT molecular complexity index is 300. The van der Waals surface area contributed by atoms with Crippen LogP contribution in [0.15, 0.2) is 0 Å². The molecule has 1 aliphatic heterocycles. The summed E-state index contributed by atoms with van der Waals surface area (Å²) in [5.74, 6) is 0.0780. The van der Waals surface area contributed by atoms with Crippen molar-refractivity contribution in [1.29, 1.82) is 0 Å². The van der Waals surface area contributed by atoms with Gasteiger partial charge in [-0.2, -0.15) is 0 Å². The number of likely N-dealkylation sites (tertiary alicyclic amines) is 1. The highest BCUT2D eigenvalue weighted by Crippen LogP contribution is 2.15. The van der Waals surface area contributed by atoms with E-state index in [0.717, 1.165) is 13.0 Å². The van der Waals surface area contributed by atoms with Crippen molar-refractivity contribution in [3.8, 4) is 0 Å². The van der Waals surface area contributed by atoms with Crippen molar-refractivity contribution < 1.29 is 9.59 Å². The third kappa shape index (κ3) is 5.37. The lowest BCUT2D eigenvalue weighted by atomic mass is 10.1. The Balaban J connectivity index is 0.00000324. The standard InChI is InChI=1S/C13H25N3O2.ClH/c1-4-11(16-8-6-7-12(16)17)13(18)15-9-10(3)14-5-2;/h10-11,14H,4-9H2,1-3H3,(H,15,18);1H/t10-,11?;/m1./s1. The van der Waals surface area contributed by atoms with E-state index in [9.17, 15) is 9.59 Å². The fraction of sp³-hybridized carbons (Fsp3) is 0.846. The summed E-state index contributed by atoms with van der Waals surface area (Å²) in [4.78, 5) is 25.5. The maximum Gasteiger partial charge on any atom is 0.242 e. The van der Waals surface area contributed by atoms with Gasteiger partial charge in [0.05, 0.1) is 0 Å². The van der Waals surface area contributed by atoms with Crippen LogP contribution >= 0.6 is 12.4 Å². The predicted octanol–water partition coefficient (Wildman–Crippen LogP) is 0.923. The second-order valence-electron chi connectivity index (χ2n) is 4.82. The summed E-state index contributed by atoms with van der Waals surface area (Å²) in [5, 5.41) is 6.16. The Hall–Kier alpha value is -0.810. The minimum atomic E-state index is -0.297. The molecule has 6 heteroatoms. The molecular weight excluding hydrogens is 266 g/mol. The fourth-order valence-electron chi connectivity index (χ4n) is 2.34. The topological polar surface area (TPSA) is 61.4 Å². The van der Waals surface area contributed by atoms with E-state index in [-0.39, 0.29) is 36.3 Å². The van der Waals surface area contributed by atoms with E-state index in [1.54, 1.807) is 4.90 Å². The van der Waals surface area contributed by atoms with Gasteiger partial charge in [0, 0.05) is 25.6 Å². The minimum Gasteiger partial charge on any atom is -0.353 e. The van der Waals surface area contributed by atoms with Gasteiger partial charge in [-0.15, -0.1) is 12.4 Å². The molecule has 0 aliphatic carbocycles. The minimum absolute atomic E-state index is 0. The molecule has 5 nitrogen and oxygen atoms in total. The Morgan fingerprint density at radius 3 is 2.58 bits per heavy atom. The highest BCUT2D eigenvalue weighted by atomic mass is 35.5. The molecule has 0 aromatic heterocycles. The van der Waals surface area contributed by atoms with E-state index in [0.29, 0.717) is 25.9 Å². The molecule has 2 N–H and O–H groups in total. The van der Waals surface area contributed by atoms with Crippen LogP contribution in [-0.2, 0) is 9.59 Å². The summed E-state index contributed by atoms with van der Waals surface area (Å²) < 4.78 is 0. The molecule has 1 aliphatic rings. The van der Waals surface area contributed by atoms with E-state index in [1.807, 2.05) is 20.8 Å². The average molecular weight is 292 g/mol. The number of likely N-dealkylation sites (N-methyl/N-ethyl adjacent to an activating group) is 1. The van der Waals surface area contributed by atoms with Gasteiger partial charge in [-0.05, 0) is 26.3 Å². The van der Waals surface area contributed by atoms with Crippen molar-refractivity contribution in [2.45, 2.75) is 52.1 Å². The van der Waals surface area contributed by atoms with Gasteiger partial charge in [0.25, 0.3) is 0 Å². The van der Waals surface area contributed by atoms with Gasteiger partial charge in [0.15, 0.2) is 0 Å². The molecule has 0 radical (unpaired) electrons. The predicted molar refractivity (Wildman–Crippen MR) is 78.4 cm³/mol. The first kappa shape index (κ1) is 18.2. The number of carbonyl (C=O) groups is 2. The zero-order valence-electron chi connectivity index (χ0n) is 12.1. The molecule has 1 unspecified atom stereocenters. The lowest BCUT2D eigenvalue weighted by molar-refractivity contribution is -0.137. The van der Waals surface area contributed by atoms with Gasteiger partial charge in [-0.3, -0.25) is 9.59 Å². The van der Waals surface area contributed by atoms with E-state index in [2.05, 4.69) is 10.6 Å². The zero-order valence-corrected chi connectivity index (χ0v) is 12.9. The van der Waals surface area contributed by atoms with Crippen molar-refractivity contribution in [2.75, 3.05) is 19.6 Å². The Kier molecular flexibility index (Phi) is 8.76. The number of rotatable bonds is 7. The van der Waals surface area contributed by atoms with Crippen molar-refractivity contribution in [2.24, 2.45) is 0 Å². The SMILES string of the molecule is CCN[C@H](C)CNC(=O)C(CC)N1CCCC1=O.Cl. The zero-order chi connectivity index (χ0) is 13.5. The number of hydrogen-bond donors (Lipinski definition) is 2. The number of hydrogen-bond acceptors (Lipinski definition) is 3. The Morgan fingerprint density at radius 1 is 1.42 bits per heavy atom. The molecule has 1 rings (SSSR count). The van der Waals surface area contributed by atoms with E-state index < -0.39 is 0 Å². The lowest BCUT2D eigenvalue weighted by Gasteiger charge is -2.26. The van der Waals surface area contributed by atoms with Crippen LogP contribution in [-0.4, -0.2) is 48.4 Å². The van der Waals surface area contributed by atoms with Crippen LogP contribution in [0.5, 0.6) is 0 Å². The number of halogens is 1. The van der Waals surface area contributed by atoms with Gasteiger partial charge in [-0.25, -0.2) is 0 Å². The first-order chi connectivity index (χ1) is 8.60. The maximum atomic E-state index is 12.1. The molecule has 112 valence electrons. The third-order valence-corrected chi connectivity index (χ3v) is 3.31. The summed E-state index contributed by atoms with van der Waals surface area (Å²) in [6.07, 6.45) is 2.13. The summed E-state index contributed by atoms with van der Waals surface area (Å²) >= 11 is 0.